The zero-order chi connectivity index (χ0) is 15.7. The second-order valence-electron chi connectivity index (χ2n) is 6.33. The van der Waals surface area contributed by atoms with Crippen molar-refractivity contribution in [1.29, 1.82) is 0 Å². The van der Waals surface area contributed by atoms with Gasteiger partial charge in [-0.25, -0.2) is 0 Å². The third kappa shape index (κ3) is 2.64. The number of hydrogen-bond acceptors (Lipinski definition) is 3. The van der Waals surface area contributed by atoms with Gasteiger partial charge in [0.05, 0.1) is 23.7 Å². The molecule has 0 bridgehead atoms. The molecule has 0 radical (unpaired) electrons. The van der Waals surface area contributed by atoms with Crippen LogP contribution in [0.2, 0.25) is 0 Å². The van der Waals surface area contributed by atoms with Gasteiger partial charge in [-0.15, -0.1) is 0 Å². The number of nitrogens with one attached hydrogen (secondary N) is 2. The Balaban J connectivity index is 1.72. The lowest BCUT2D eigenvalue weighted by Gasteiger charge is -2.15. The molecular weight excluding hydrogens is 278 g/mol. The highest BCUT2D eigenvalue weighted by atomic mass is 16.3. The molecule has 0 spiro atoms. The number of allylic oxidation sites excluding steroid dienone is 1. The number of H-pyrrole nitrogens is 1. The molecule has 1 saturated carbocycles. The SMILES string of the molecule is CC(C)NC(=O)C1(CO)CC1C=Cc1ccc2[nH]ncc2c1. The molecule has 3 N–H and O–H groups in total. The molecule has 1 fully saturated rings. The molecule has 2 unspecified atom stereocenters. The molecule has 1 aromatic heterocycles. The van der Waals surface area contributed by atoms with Crippen LogP contribution in [0.4, 0.5) is 0 Å². The predicted molar refractivity (Wildman–Crippen MR) is 86.0 cm³/mol. The first kappa shape index (κ1) is 14.8. The lowest BCUT2D eigenvalue weighted by atomic mass is 10.0. The van der Waals surface area contributed by atoms with Crippen LogP contribution >= 0.6 is 0 Å². The average molecular weight is 299 g/mol. The molecule has 1 aromatic carbocycles. The molecule has 22 heavy (non-hydrogen) atoms. The van der Waals surface area contributed by atoms with E-state index in [4.69, 9.17) is 0 Å². The minimum absolute atomic E-state index is 0.0510. The van der Waals surface area contributed by atoms with Crippen molar-refractivity contribution in [2.75, 3.05) is 6.61 Å². The molecule has 3 rings (SSSR count). The fraction of sp³-hybridized carbons (Fsp3) is 0.412. The monoisotopic (exact) mass is 299 g/mol. The number of benzene rings is 1. The Bertz CT molecular complexity index is 720. The van der Waals surface area contributed by atoms with Crippen molar-refractivity contribution in [2.45, 2.75) is 26.3 Å². The van der Waals surface area contributed by atoms with Crippen molar-refractivity contribution < 1.29 is 9.90 Å². The van der Waals surface area contributed by atoms with E-state index in [1.165, 1.54) is 0 Å². The fourth-order valence-corrected chi connectivity index (χ4v) is 2.80. The van der Waals surface area contributed by atoms with Gasteiger partial charge in [0, 0.05) is 11.4 Å². The van der Waals surface area contributed by atoms with Crippen LogP contribution in [0.3, 0.4) is 0 Å². The first-order valence-corrected chi connectivity index (χ1v) is 7.58. The van der Waals surface area contributed by atoms with Gasteiger partial charge in [0.1, 0.15) is 0 Å². The number of aliphatic hydroxyl groups is 1. The Labute approximate surface area is 129 Å². The summed E-state index contributed by atoms with van der Waals surface area (Å²) in [6, 6.07) is 6.13. The maximum Gasteiger partial charge on any atom is 0.229 e. The second kappa shape index (κ2) is 5.57. The van der Waals surface area contributed by atoms with E-state index in [0.29, 0.717) is 6.42 Å². The Morgan fingerprint density at radius 3 is 3.14 bits per heavy atom. The number of amides is 1. The first-order chi connectivity index (χ1) is 10.5. The Morgan fingerprint density at radius 2 is 2.41 bits per heavy atom. The van der Waals surface area contributed by atoms with Gasteiger partial charge in [0.15, 0.2) is 0 Å². The quantitative estimate of drug-likeness (QED) is 0.791. The molecule has 1 aliphatic carbocycles. The van der Waals surface area contributed by atoms with E-state index < -0.39 is 5.41 Å². The van der Waals surface area contributed by atoms with Crippen molar-refractivity contribution in [3.05, 3.63) is 36.0 Å². The van der Waals surface area contributed by atoms with Gasteiger partial charge in [0.2, 0.25) is 5.91 Å². The minimum Gasteiger partial charge on any atom is -0.395 e. The molecule has 1 aliphatic rings. The van der Waals surface area contributed by atoms with Crippen molar-refractivity contribution in [2.24, 2.45) is 11.3 Å². The van der Waals surface area contributed by atoms with E-state index >= 15 is 0 Å². The largest absolute Gasteiger partial charge is 0.395 e. The third-order valence-corrected chi connectivity index (χ3v) is 4.27. The van der Waals surface area contributed by atoms with Gasteiger partial charge in [-0.2, -0.15) is 5.10 Å². The topological polar surface area (TPSA) is 78.0 Å². The van der Waals surface area contributed by atoms with Crippen LogP contribution < -0.4 is 5.32 Å². The Hall–Kier alpha value is -2.14. The third-order valence-electron chi connectivity index (χ3n) is 4.27. The number of carbonyl (C=O) groups excluding carboxylic acids is 1. The summed E-state index contributed by atoms with van der Waals surface area (Å²) in [4.78, 5) is 12.2. The summed E-state index contributed by atoms with van der Waals surface area (Å²) >= 11 is 0. The molecule has 1 amide bonds. The van der Waals surface area contributed by atoms with Crippen molar-refractivity contribution in [3.63, 3.8) is 0 Å². The van der Waals surface area contributed by atoms with E-state index in [0.717, 1.165) is 16.5 Å². The highest BCUT2D eigenvalue weighted by molar-refractivity contribution is 5.87. The van der Waals surface area contributed by atoms with Crippen LogP contribution in [-0.2, 0) is 4.79 Å². The maximum atomic E-state index is 12.2. The Kier molecular flexibility index (Phi) is 3.74. The number of aromatic amines is 1. The van der Waals surface area contributed by atoms with Gasteiger partial charge in [-0.3, -0.25) is 9.89 Å². The lowest BCUT2D eigenvalue weighted by molar-refractivity contribution is -0.128. The van der Waals surface area contributed by atoms with Crippen LogP contribution in [-0.4, -0.2) is 33.9 Å². The van der Waals surface area contributed by atoms with Crippen LogP contribution in [0.1, 0.15) is 25.8 Å². The predicted octanol–water partition coefficient (Wildman–Crippen LogP) is 2.10. The number of aromatic nitrogens is 2. The van der Waals surface area contributed by atoms with Gasteiger partial charge < -0.3 is 10.4 Å². The second-order valence-corrected chi connectivity index (χ2v) is 6.33. The molecule has 1 heterocycles. The van der Waals surface area contributed by atoms with Crippen LogP contribution in [0.25, 0.3) is 17.0 Å². The van der Waals surface area contributed by atoms with Gasteiger partial charge in [0.25, 0.3) is 0 Å². The number of rotatable bonds is 5. The summed E-state index contributed by atoms with van der Waals surface area (Å²) in [6.45, 7) is 3.74. The molecule has 2 aromatic rings. The zero-order valence-electron chi connectivity index (χ0n) is 12.8. The van der Waals surface area contributed by atoms with Crippen LogP contribution in [0.5, 0.6) is 0 Å². The molecule has 2 atom stereocenters. The molecule has 116 valence electrons. The zero-order valence-corrected chi connectivity index (χ0v) is 12.8. The van der Waals surface area contributed by atoms with E-state index in [2.05, 4.69) is 15.5 Å². The Morgan fingerprint density at radius 1 is 1.59 bits per heavy atom. The van der Waals surface area contributed by atoms with E-state index in [9.17, 15) is 9.90 Å². The number of nitrogens with zero attached hydrogens (tertiary/aromatic N) is 1. The summed E-state index contributed by atoms with van der Waals surface area (Å²) in [7, 11) is 0. The summed E-state index contributed by atoms with van der Waals surface area (Å²) in [5, 5.41) is 20.5. The summed E-state index contributed by atoms with van der Waals surface area (Å²) in [5.74, 6) is 0.0428. The van der Waals surface area contributed by atoms with Crippen molar-refractivity contribution in [3.8, 4) is 0 Å². The van der Waals surface area contributed by atoms with Gasteiger partial charge >= 0.3 is 0 Å². The number of aliphatic hydroxyl groups excluding tert-OH is 1. The van der Waals surface area contributed by atoms with Crippen molar-refractivity contribution in [1.82, 2.24) is 15.5 Å². The van der Waals surface area contributed by atoms with Gasteiger partial charge in [-0.1, -0.05) is 18.2 Å². The standard InChI is InChI=1S/C17H21N3O2/c1-11(2)19-16(22)17(10-21)8-14(17)5-3-12-4-6-15-13(7-12)9-18-20-15/h3-7,9,11,14,21H,8,10H2,1-2H3,(H,18,20)(H,19,22). The number of hydrogen-bond donors (Lipinski definition) is 3. The van der Waals surface area contributed by atoms with E-state index in [1.54, 1.807) is 6.20 Å². The highest BCUT2D eigenvalue weighted by Gasteiger charge is 2.58. The van der Waals surface area contributed by atoms with Crippen LogP contribution in [0.15, 0.2) is 30.5 Å². The average Bonchev–Trinajstić information content (AvgIpc) is 3.03. The maximum absolute atomic E-state index is 12.2. The molecule has 5 heteroatoms. The van der Waals surface area contributed by atoms with Crippen LogP contribution in [0, 0.1) is 11.3 Å². The number of carbonyl (C=O) groups is 1. The summed E-state index contributed by atoms with van der Waals surface area (Å²) in [6.07, 6.45) is 6.53. The van der Waals surface area contributed by atoms with E-state index in [-0.39, 0.29) is 24.5 Å². The first-order valence-electron chi connectivity index (χ1n) is 7.58. The smallest absolute Gasteiger partial charge is 0.229 e. The molecular formula is C17H21N3O2. The molecule has 5 nitrogen and oxygen atoms in total. The highest BCUT2D eigenvalue weighted by Crippen LogP contribution is 2.53. The number of fused-ring (bicyclic) bond motifs is 1. The minimum atomic E-state index is -0.638. The summed E-state index contributed by atoms with van der Waals surface area (Å²) < 4.78 is 0. The fourth-order valence-electron chi connectivity index (χ4n) is 2.80. The van der Waals surface area contributed by atoms with Gasteiger partial charge in [-0.05, 0) is 43.9 Å². The normalized spacial score (nSPS) is 24.3. The summed E-state index contributed by atoms with van der Waals surface area (Å²) in [5.41, 5.74) is 1.43. The molecule has 0 aliphatic heterocycles. The molecule has 0 saturated heterocycles. The van der Waals surface area contributed by atoms with E-state index in [1.807, 2.05) is 44.2 Å². The lowest BCUT2D eigenvalue weighted by Crippen LogP contribution is -2.39. The van der Waals surface area contributed by atoms with Crippen molar-refractivity contribution >= 4 is 22.9 Å².